The molecule has 4 N–H and O–H groups in total. The minimum absolute atomic E-state index is 0.147. The van der Waals surface area contributed by atoms with Crippen LogP contribution in [0.25, 0.3) is 0 Å². The highest BCUT2D eigenvalue weighted by molar-refractivity contribution is 9.10. The van der Waals surface area contributed by atoms with Crippen LogP contribution in [0.3, 0.4) is 0 Å². The highest BCUT2D eigenvalue weighted by Gasteiger charge is 2.11. The van der Waals surface area contributed by atoms with Crippen LogP contribution in [-0.2, 0) is 0 Å². The Hall–Kier alpha value is -1.85. The second kappa shape index (κ2) is 6.74. The number of carbonyl (C=O) groups excluding carboxylic acids is 1. The summed E-state index contributed by atoms with van der Waals surface area (Å²) in [5, 5.41) is 12.8. The van der Waals surface area contributed by atoms with Crippen molar-refractivity contribution in [1.29, 1.82) is 0 Å². The Bertz CT molecular complexity index is 621. The minimum Gasteiger partial charge on any atom is -0.399 e. The number of rotatable bonds is 4. The van der Waals surface area contributed by atoms with E-state index in [1.807, 2.05) is 13.0 Å². The lowest BCUT2D eigenvalue weighted by atomic mass is 10.1. The van der Waals surface area contributed by atoms with Gasteiger partial charge in [0.15, 0.2) is 0 Å². The Kier molecular flexibility index (Phi) is 4.98. The Morgan fingerprint density at radius 3 is 2.57 bits per heavy atom. The molecule has 0 aliphatic heterocycles. The van der Waals surface area contributed by atoms with Crippen LogP contribution in [0.1, 0.15) is 27.6 Å². The quantitative estimate of drug-likeness (QED) is 0.743. The lowest BCUT2D eigenvalue weighted by Gasteiger charge is -2.13. The van der Waals surface area contributed by atoms with Gasteiger partial charge in [-0.15, -0.1) is 0 Å². The van der Waals surface area contributed by atoms with Crippen LogP contribution in [0, 0.1) is 6.92 Å². The van der Waals surface area contributed by atoms with E-state index in [2.05, 4.69) is 21.2 Å². The molecular weight excluding hydrogens is 332 g/mol. The number of hydrogen-bond acceptors (Lipinski definition) is 3. The molecule has 2 rings (SSSR count). The highest BCUT2D eigenvalue weighted by atomic mass is 79.9. The lowest BCUT2D eigenvalue weighted by Crippen LogP contribution is -2.28. The minimum atomic E-state index is -0.761. The van der Waals surface area contributed by atoms with Gasteiger partial charge in [0.25, 0.3) is 5.91 Å². The molecule has 4 nitrogen and oxygen atoms in total. The fraction of sp³-hybridized carbons (Fsp3) is 0.188. The summed E-state index contributed by atoms with van der Waals surface area (Å²) in [5.41, 5.74) is 8.51. The highest BCUT2D eigenvalue weighted by Crippen LogP contribution is 2.16. The van der Waals surface area contributed by atoms with Crippen LogP contribution in [0.5, 0.6) is 0 Å². The Morgan fingerprint density at radius 1 is 1.29 bits per heavy atom. The number of aryl methyl sites for hydroxylation is 1. The molecule has 0 spiro atoms. The van der Waals surface area contributed by atoms with Crippen molar-refractivity contribution in [3.05, 3.63) is 63.6 Å². The number of aliphatic hydroxyl groups excluding tert-OH is 1. The number of nitrogens with one attached hydrogen (secondary N) is 1. The molecule has 0 aromatic heterocycles. The number of halogens is 1. The molecule has 1 amide bonds. The van der Waals surface area contributed by atoms with Gasteiger partial charge in [0.2, 0.25) is 0 Å². The van der Waals surface area contributed by atoms with E-state index in [0.29, 0.717) is 11.3 Å². The third-order valence-corrected chi connectivity index (χ3v) is 3.54. The van der Waals surface area contributed by atoms with E-state index < -0.39 is 6.10 Å². The topological polar surface area (TPSA) is 75.3 Å². The van der Waals surface area contributed by atoms with E-state index in [0.717, 1.165) is 15.6 Å². The van der Waals surface area contributed by atoms with Crippen LogP contribution in [0.2, 0.25) is 0 Å². The first-order chi connectivity index (χ1) is 9.95. The van der Waals surface area contributed by atoms with Crippen LogP contribution in [0.4, 0.5) is 5.69 Å². The predicted molar refractivity (Wildman–Crippen MR) is 87.0 cm³/mol. The number of hydrogen-bond donors (Lipinski definition) is 3. The molecule has 1 atom stereocenters. The summed E-state index contributed by atoms with van der Waals surface area (Å²) in [6.45, 7) is 2.07. The zero-order valence-corrected chi connectivity index (χ0v) is 13.2. The van der Waals surface area contributed by atoms with Gasteiger partial charge in [0.05, 0.1) is 6.10 Å². The second-order valence-electron chi connectivity index (χ2n) is 4.91. The molecule has 2 aromatic rings. The summed E-state index contributed by atoms with van der Waals surface area (Å²) >= 11 is 3.36. The molecule has 0 heterocycles. The molecule has 2 aromatic carbocycles. The van der Waals surface area contributed by atoms with Crippen molar-refractivity contribution >= 4 is 27.5 Å². The molecule has 110 valence electrons. The smallest absolute Gasteiger partial charge is 0.251 e. The number of aliphatic hydroxyl groups is 1. The first-order valence-corrected chi connectivity index (χ1v) is 7.34. The SMILES string of the molecule is Cc1cc(Br)cc(C(=O)NCC(O)c2ccc(N)cc2)c1. The summed E-state index contributed by atoms with van der Waals surface area (Å²) in [6.07, 6.45) is -0.761. The summed E-state index contributed by atoms with van der Waals surface area (Å²) < 4.78 is 0.853. The van der Waals surface area contributed by atoms with Crippen molar-refractivity contribution < 1.29 is 9.90 Å². The molecule has 0 aliphatic carbocycles. The Morgan fingerprint density at radius 2 is 1.95 bits per heavy atom. The number of nitrogen functional groups attached to an aromatic ring is 1. The number of anilines is 1. The monoisotopic (exact) mass is 348 g/mol. The fourth-order valence-corrected chi connectivity index (χ4v) is 2.60. The number of amides is 1. The molecule has 5 heteroatoms. The predicted octanol–water partition coefficient (Wildman–Crippen LogP) is 2.80. The van der Waals surface area contributed by atoms with Crippen LogP contribution >= 0.6 is 15.9 Å². The van der Waals surface area contributed by atoms with Gasteiger partial charge in [0.1, 0.15) is 0 Å². The van der Waals surface area contributed by atoms with Gasteiger partial charge in [-0.1, -0.05) is 28.1 Å². The third-order valence-electron chi connectivity index (χ3n) is 3.08. The second-order valence-corrected chi connectivity index (χ2v) is 5.83. The van der Waals surface area contributed by atoms with Gasteiger partial charge >= 0.3 is 0 Å². The van der Waals surface area contributed by atoms with Gasteiger partial charge in [0, 0.05) is 22.3 Å². The summed E-state index contributed by atoms with van der Waals surface area (Å²) in [6, 6.07) is 12.4. The molecule has 0 bridgehead atoms. The van der Waals surface area contributed by atoms with E-state index in [4.69, 9.17) is 5.73 Å². The first-order valence-electron chi connectivity index (χ1n) is 6.54. The zero-order chi connectivity index (χ0) is 15.4. The molecule has 0 aliphatic rings. The van der Waals surface area contributed by atoms with Gasteiger partial charge in [-0.2, -0.15) is 0 Å². The maximum atomic E-state index is 12.1. The van der Waals surface area contributed by atoms with Gasteiger partial charge < -0.3 is 16.2 Å². The summed E-state index contributed by atoms with van der Waals surface area (Å²) in [7, 11) is 0. The molecule has 0 saturated heterocycles. The van der Waals surface area contributed by atoms with Crippen molar-refractivity contribution in [3.8, 4) is 0 Å². The van der Waals surface area contributed by atoms with E-state index in [1.165, 1.54) is 0 Å². The third kappa shape index (κ3) is 4.31. The Labute approximate surface area is 132 Å². The number of benzene rings is 2. The summed E-state index contributed by atoms with van der Waals surface area (Å²) in [4.78, 5) is 12.1. The summed E-state index contributed by atoms with van der Waals surface area (Å²) in [5.74, 6) is -0.214. The standard InChI is InChI=1S/C16H17BrN2O2/c1-10-6-12(8-13(17)7-10)16(21)19-9-15(20)11-2-4-14(18)5-3-11/h2-8,15,20H,9,18H2,1H3,(H,19,21). The van der Waals surface area contributed by atoms with Crippen molar-refractivity contribution in [2.45, 2.75) is 13.0 Å². The largest absolute Gasteiger partial charge is 0.399 e. The lowest BCUT2D eigenvalue weighted by molar-refractivity contribution is 0.0916. The van der Waals surface area contributed by atoms with Gasteiger partial charge in [-0.25, -0.2) is 0 Å². The zero-order valence-electron chi connectivity index (χ0n) is 11.6. The van der Waals surface area contributed by atoms with Crippen molar-refractivity contribution in [2.75, 3.05) is 12.3 Å². The molecule has 0 fully saturated rings. The molecule has 1 unspecified atom stereocenters. The van der Waals surface area contributed by atoms with E-state index in [-0.39, 0.29) is 12.5 Å². The molecule has 0 radical (unpaired) electrons. The van der Waals surface area contributed by atoms with Gasteiger partial charge in [-0.3, -0.25) is 4.79 Å². The molecule has 0 saturated carbocycles. The maximum Gasteiger partial charge on any atom is 0.251 e. The molecular formula is C16H17BrN2O2. The average Bonchev–Trinajstić information content (AvgIpc) is 2.44. The van der Waals surface area contributed by atoms with Crippen molar-refractivity contribution in [3.63, 3.8) is 0 Å². The van der Waals surface area contributed by atoms with Crippen LogP contribution < -0.4 is 11.1 Å². The van der Waals surface area contributed by atoms with Crippen LogP contribution in [-0.4, -0.2) is 17.6 Å². The fourth-order valence-electron chi connectivity index (χ4n) is 1.99. The van der Waals surface area contributed by atoms with Gasteiger partial charge in [-0.05, 0) is 48.4 Å². The number of nitrogens with two attached hydrogens (primary N) is 1. The maximum absolute atomic E-state index is 12.1. The first kappa shape index (κ1) is 15.5. The molecule has 21 heavy (non-hydrogen) atoms. The van der Waals surface area contributed by atoms with E-state index >= 15 is 0 Å². The van der Waals surface area contributed by atoms with E-state index in [1.54, 1.807) is 36.4 Å². The Balaban J connectivity index is 1.98. The number of carbonyl (C=O) groups is 1. The van der Waals surface area contributed by atoms with E-state index in [9.17, 15) is 9.90 Å². The normalized spacial score (nSPS) is 12.0. The van der Waals surface area contributed by atoms with Crippen molar-refractivity contribution in [2.24, 2.45) is 0 Å². The van der Waals surface area contributed by atoms with Crippen molar-refractivity contribution in [1.82, 2.24) is 5.32 Å². The average molecular weight is 349 g/mol. The van der Waals surface area contributed by atoms with Crippen LogP contribution in [0.15, 0.2) is 46.9 Å².